The molecule has 0 bridgehead atoms. The van der Waals surface area contributed by atoms with E-state index in [2.05, 4.69) is 5.32 Å². The number of carbonyl (C=O) groups is 2. The summed E-state index contributed by atoms with van der Waals surface area (Å²) in [6, 6.07) is 5.99. The van der Waals surface area contributed by atoms with E-state index in [1.807, 2.05) is 4.90 Å². The second-order valence-electron chi connectivity index (χ2n) is 7.34. The number of rotatable bonds is 7. The van der Waals surface area contributed by atoms with Gasteiger partial charge in [-0.3, -0.25) is 9.59 Å². The lowest BCUT2D eigenvalue weighted by Crippen LogP contribution is -2.40. The average Bonchev–Trinajstić information content (AvgIpc) is 2.96. The Kier molecular flexibility index (Phi) is 7.63. The van der Waals surface area contributed by atoms with Crippen LogP contribution < -0.4 is 5.32 Å². The molecule has 2 aliphatic heterocycles. The van der Waals surface area contributed by atoms with Crippen molar-refractivity contribution in [3.8, 4) is 0 Å². The topological polar surface area (TPSA) is 96.0 Å². The van der Waals surface area contributed by atoms with E-state index in [9.17, 15) is 18.0 Å². The van der Waals surface area contributed by atoms with Gasteiger partial charge in [-0.1, -0.05) is 6.42 Å². The van der Waals surface area contributed by atoms with Gasteiger partial charge in [0.2, 0.25) is 15.9 Å². The standard InChI is InChI=1S/C20H29N3O5S/c24-19-5-2-1-3-11-22(19)12-4-10-21-20(25)17-6-8-18(9-7-17)29(26,27)23-13-15-28-16-14-23/h6-9H,1-5,10-16H2,(H,21,25). The lowest BCUT2D eigenvalue weighted by Gasteiger charge is -2.26. The van der Waals surface area contributed by atoms with Crippen molar-refractivity contribution in [3.05, 3.63) is 29.8 Å². The maximum Gasteiger partial charge on any atom is 0.251 e. The Hall–Kier alpha value is -1.97. The van der Waals surface area contributed by atoms with Gasteiger partial charge in [-0.05, 0) is 43.5 Å². The summed E-state index contributed by atoms with van der Waals surface area (Å²) in [6.07, 6.45) is 4.41. The lowest BCUT2D eigenvalue weighted by atomic mass is 10.2. The summed E-state index contributed by atoms with van der Waals surface area (Å²) in [6.45, 7) is 3.37. The summed E-state index contributed by atoms with van der Waals surface area (Å²) < 4.78 is 31.8. The van der Waals surface area contributed by atoms with Crippen molar-refractivity contribution in [3.63, 3.8) is 0 Å². The Morgan fingerprint density at radius 1 is 1.03 bits per heavy atom. The molecule has 3 rings (SSSR count). The first-order valence-electron chi connectivity index (χ1n) is 10.2. The first kappa shape index (κ1) is 21.7. The molecule has 2 aliphatic rings. The zero-order valence-electron chi connectivity index (χ0n) is 16.6. The molecule has 0 atom stereocenters. The van der Waals surface area contributed by atoms with Gasteiger partial charge in [0.15, 0.2) is 0 Å². The Morgan fingerprint density at radius 2 is 1.76 bits per heavy atom. The maximum atomic E-state index is 12.6. The second kappa shape index (κ2) is 10.2. The van der Waals surface area contributed by atoms with Crippen LogP contribution in [0.2, 0.25) is 0 Å². The van der Waals surface area contributed by atoms with Crippen molar-refractivity contribution < 1.29 is 22.7 Å². The molecule has 2 amide bonds. The van der Waals surface area contributed by atoms with Crippen LogP contribution in [0.1, 0.15) is 42.5 Å². The highest BCUT2D eigenvalue weighted by molar-refractivity contribution is 7.89. The quantitative estimate of drug-likeness (QED) is 0.666. The predicted octanol–water partition coefficient (Wildman–Crippen LogP) is 1.23. The van der Waals surface area contributed by atoms with Gasteiger partial charge in [-0.2, -0.15) is 4.31 Å². The summed E-state index contributed by atoms with van der Waals surface area (Å²) in [5.41, 5.74) is 0.414. The number of hydrogen-bond acceptors (Lipinski definition) is 5. The van der Waals surface area contributed by atoms with Crippen LogP contribution in [0, 0.1) is 0 Å². The first-order chi connectivity index (χ1) is 14.0. The Morgan fingerprint density at radius 3 is 2.48 bits per heavy atom. The number of morpholine rings is 1. The molecule has 1 aromatic rings. The van der Waals surface area contributed by atoms with E-state index in [0.717, 1.165) is 25.8 Å². The van der Waals surface area contributed by atoms with Gasteiger partial charge in [-0.25, -0.2) is 8.42 Å². The molecule has 0 unspecified atom stereocenters. The second-order valence-corrected chi connectivity index (χ2v) is 9.28. The number of carbonyl (C=O) groups excluding carboxylic acids is 2. The normalized spacial score (nSPS) is 19.0. The van der Waals surface area contributed by atoms with Gasteiger partial charge in [0.1, 0.15) is 0 Å². The summed E-state index contributed by atoms with van der Waals surface area (Å²) in [4.78, 5) is 26.3. The summed E-state index contributed by atoms with van der Waals surface area (Å²) in [7, 11) is -3.56. The van der Waals surface area contributed by atoms with Crippen LogP contribution in [-0.4, -0.2) is 75.4 Å². The number of likely N-dealkylation sites (tertiary alicyclic amines) is 1. The van der Waals surface area contributed by atoms with E-state index < -0.39 is 10.0 Å². The summed E-state index contributed by atoms with van der Waals surface area (Å²) in [5, 5.41) is 2.84. The number of hydrogen-bond donors (Lipinski definition) is 1. The minimum Gasteiger partial charge on any atom is -0.379 e. The van der Waals surface area contributed by atoms with E-state index in [1.165, 1.54) is 28.6 Å². The van der Waals surface area contributed by atoms with Crippen LogP contribution in [0.4, 0.5) is 0 Å². The molecular weight excluding hydrogens is 394 g/mol. The number of nitrogens with zero attached hydrogens (tertiary/aromatic N) is 2. The van der Waals surface area contributed by atoms with E-state index in [4.69, 9.17) is 4.74 Å². The van der Waals surface area contributed by atoms with Crippen molar-refractivity contribution in [2.45, 2.75) is 37.0 Å². The van der Waals surface area contributed by atoms with Crippen LogP contribution in [0.3, 0.4) is 0 Å². The lowest BCUT2D eigenvalue weighted by molar-refractivity contribution is -0.130. The molecule has 2 fully saturated rings. The third kappa shape index (κ3) is 5.77. The molecule has 8 nitrogen and oxygen atoms in total. The minimum atomic E-state index is -3.56. The van der Waals surface area contributed by atoms with E-state index in [1.54, 1.807) is 0 Å². The molecule has 1 N–H and O–H groups in total. The number of sulfonamides is 1. The van der Waals surface area contributed by atoms with Crippen LogP contribution in [0.25, 0.3) is 0 Å². The van der Waals surface area contributed by atoms with Gasteiger partial charge in [0.05, 0.1) is 18.1 Å². The van der Waals surface area contributed by atoms with Crippen LogP contribution >= 0.6 is 0 Å². The van der Waals surface area contributed by atoms with Crippen LogP contribution in [0.15, 0.2) is 29.2 Å². The molecule has 29 heavy (non-hydrogen) atoms. The fraction of sp³-hybridized carbons (Fsp3) is 0.600. The summed E-state index contributed by atoms with van der Waals surface area (Å²) >= 11 is 0. The molecule has 0 aromatic heterocycles. The molecule has 160 valence electrons. The highest BCUT2D eigenvalue weighted by Crippen LogP contribution is 2.18. The van der Waals surface area contributed by atoms with Crippen LogP contribution in [0.5, 0.6) is 0 Å². The van der Waals surface area contributed by atoms with Crippen molar-refractivity contribution in [2.75, 3.05) is 45.9 Å². The minimum absolute atomic E-state index is 0.177. The van der Waals surface area contributed by atoms with Crippen molar-refractivity contribution in [1.82, 2.24) is 14.5 Å². The smallest absolute Gasteiger partial charge is 0.251 e. The number of ether oxygens (including phenoxy) is 1. The number of benzene rings is 1. The molecule has 9 heteroatoms. The SMILES string of the molecule is O=C(NCCCN1CCCCCC1=O)c1ccc(S(=O)(=O)N2CCOCC2)cc1. The molecule has 0 radical (unpaired) electrons. The zero-order valence-corrected chi connectivity index (χ0v) is 17.5. The Labute approximate surface area is 172 Å². The molecule has 2 heterocycles. The number of amides is 2. The molecule has 2 saturated heterocycles. The summed E-state index contributed by atoms with van der Waals surface area (Å²) in [5.74, 6) is -0.0478. The van der Waals surface area contributed by atoms with Crippen molar-refractivity contribution in [2.24, 2.45) is 0 Å². The maximum absolute atomic E-state index is 12.6. The van der Waals surface area contributed by atoms with Gasteiger partial charge in [0, 0.05) is 44.7 Å². The Balaban J connectivity index is 1.48. The predicted molar refractivity (Wildman–Crippen MR) is 108 cm³/mol. The van der Waals surface area contributed by atoms with E-state index in [-0.39, 0.29) is 16.7 Å². The van der Waals surface area contributed by atoms with Gasteiger partial charge in [0.25, 0.3) is 5.91 Å². The molecule has 0 saturated carbocycles. The molecule has 0 spiro atoms. The molecule has 0 aliphatic carbocycles. The largest absolute Gasteiger partial charge is 0.379 e. The van der Waals surface area contributed by atoms with E-state index >= 15 is 0 Å². The van der Waals surface area contributed by atoms with E-state index in [0.29, 0.717) is 57.8 Å². The third-order valence-corrected chi connectivity index (χ3v) is 7.20. The Bertz CT molecular complexity index is 804. The molecular formula is C20H29N3O5S. The highest BCUT2D eigenvalue weighted by atomic mass is 32.2. The van der Waals surface area contributed by atoms with Crippen molar-refractivity contribution >= 4 is 21.8 Å². The average molecular weight is 424 g/mol. The van der Waals surface area contributed by atoms with Gasteiger partial charge in [-0.15, -0.1) is 0 Å². The molecule has 1 aromatic carbocycles. The van der Waals surface area contributed by atoms with Gasteiger partial charge >= 0.3 is 0 Å². The first-order valence-corrected chi connectivity index (χ1v) is 11.7. The monoisotopic (exact) mass is 423 g/mol. The fourth-order valence-electron chi connectivity index (χ4n) is 3.56. The number of nitrogens with one attached hydrogen (secondary N) is 1. The van der Waals surface area contributed by atoms with Crippen LogP contribution in [-0.2, 0) is 19.6 Å². The fourth-order valence-corrected chi connectivity index (χ4v) is 4.97. The van der Waals surface area contributed by atoms with Gasteiger partial charge < -0.3 is 15.0 Å². The highest BCUT2D eigenvalue weighted by Gasteiger charge is 2.26. The van der Waals surface area contributed by atoms with Crippen molar-refractivity contribution in [1.29, 1.82) is 0 Å². The zero-order chi connectivity index (χ0) is 20.7. The third-order valence-electron chi connectivity index (χ3n) is 5.29.